The quantitative estimate of drug-likeness (QED) is 0.797. The van der Waals surface area contributed by atoms with Crippen LogP contribution >= 0.6 is 11.6 Å². The average Bonchev–Trinajstić information content (AvgIpc) is 2.75. The second-order valence-electron chi connectivity index (χ2n) is 7.75. The number of benzene rings is 2. The van der Waals surface area contributed by atoms with Crippen molar-refractivity contribution >= 4 is 23.3 Å². The molecule has 4 rings (SSSR count). The van der Waals surface area contributed by atoms with Gasteiger partial charge in [-0.05, 0) is 61.6 Å². The number of carbonyl (C=O) groups is 1. The van der Waals surface area contributed by atoms with Gasteiger partial charge in [0.25, 0.3) is 0 Å². The van der Waals surface area contributed by atoms with E-state index in [1.54, 1.807) is 0 Å². The Balaban J connectivity index is 1.49. The SMILES string of the molecule is NCC1(c2cccc(Cl)c2)CCC(N2C=CCN(c3ccccc3)C2=O)CC1. The molecule has 2 aromatic carbocycles. The van der Waals surface area contributed by atoms with Crippen LogP contribution in [0.3, 0.4) is 0 Å². The van der Waals surface area contributed by atoms with Gasteiger partial charge in [-0.3, -0.25) is 9.80 Å². The van der Waals surface area contributed by atoms with Crippen molar-refractivity contribution in [2.75, 3.05) is 18.0 Å². The third-order valence-electron chi connectivity index (χ3n) is 6.21. The number of hydrogen-bond acceptors (Lipinski definition) is 2. The molecule has 1 saturated carbocycles. The molecule has 0 spiro atoms. The zero-order valence-electron chi connectivity index (χ0n) is 15.9. The number of nitrogens with zero attached hydrogens (tertiary/aromatic N) is 2. The minimum Gasteiger partial charge on any atom is -0.330 e. The summed E-state index contributed by atoms with van der Waals surface area (Å²) in [6.07, 6.45) is 7.80. The number of carbonyl (C=O) groups excluding carboxylic acids is 1. The topological polar surface area (TPSA) is 49.6 Å². The number of urea groups is 1. The Morgan fingerprint density at radius 2 is 1.82 bits per heavy atom. The van der Waals surface area contributed by atoms with Gasteiger partial charge in [0.15, 0.2) is 0 Å². The molecule has 146 valence electrons. The van der Waals surface area contributed by atoms with Crippen LogP contribution in [0, 0.1) is 0 Å². The van der Waals surface area contributed by atoms with Crippen molar-refractivity contribution < 1.29 is 4.79 Å². The minimum atomic E-state index is -0.0525. The fraction of sp³-hybridized carbons (Fsp3) is 0.348. The molecule has 1 heterocycles. The molecule has 2 aliphatic rings. The molecule has 0 saturated heterocycles. The van der Waals surface area contributed by atoms with Gasteiger partial charge in [-0.15, -0.1) is 0 Å². The predicted molar refractivity (Wildman–Crippen MR) is 115 cm³/mol. The van der Waals surface area contributed by atoms with Crippen molar-refractivity contribution in [2.24, 2.45) is 5.73 Å². The monoisotopic (exact) mass is 395 g/mol. The van der Waals surface area contributed by atoms with Crippen LogP contribution in [0.1, 0.15) is 31.2 Å². The van der Waals surface area contributed by atoms with Gasteiger partial charge in [0.1, 0.15) is 0 Å². The van der Waals surface area contributed by atoms with Crippen LogP contribution in [0.2, 0.25) is 5.02 Å². The van der Waals surface area contributed by atoms with Crippen molar-refractivity contribution in [1.82, 2.24) is 4.90 Å². The van der Waals surface area contributed by atoms with Gasteiger partial charge in [0, 0.05) is 41.5 Å². The molecule has 1 fully saturated rings. The van der Waals surface area contributed by atoms with E-state index in [-0.39, 0.29) is 17.5 Å². The summed E-state index contributed by atoms with van der Waals surface area (Å²) in [7, 11) is 0. The first kappa shape index (κ1) is 19.0. The fourth-order valence-electron chi connectivity index (χ4n) is 4.51. The number of anilines is 1. The Hall–Kier alpha value is -2.30. The zero-order chi connectivity index (χ0) is 19.6. The van der Waals surface area contributed by atoms with Crippen LogP contribution in [0.4, 0.5) is 10.5 Å². The number of hydrogen-bond donors (Lipinski definition) is 1. The van der Waals surface area contributed by atoms with E-state index in [1.807, 2.05) is 64.5 Å². The van der Waals surface area contributed by atoms with Crippen molar-refractivity contribution in [3.8, 4) is 0 Å². The standard InChI is InChI=1S/C23H26ClN3O/c24-19-7-4-6-18(16-19)23(17-25)12-10-21(11-13-23)27-15-5-14-26(22(27)28)20-8-2-1-3-9-20/h1-9,15-16,21H,10-14,17,25H2. The summed E-state index contributed by atoms with van der Waals surface area (Å²) in [6.45, 7) is 1.21. The smallest absolute Gasteiger partial charge is 0.329 e. The van der Waals surface area contributed by atoms with Gasteiger partial charge in [0.2, 0.25) is 0 Å². The summed E-state index contributed by atoms with van der Waals surface area (Å²) in [5.74, 6) is 0. The molecule has 2 aromatic rings. The average molecular weight is 396 g/mol. The number of para-hydroxylation sites is 1. The maximum Gasteiger partial charge on any atom is 0.329 e. The number of nitrogens with two attached hydrogens (primary N) is 1. The van der Waals surface area contributed by atoms with E-state index < -0.39 is 0 Å². The van der Waals surface area contributed by atoms with Crippen LogP contribution in [0.5, 0.6) is 0 Å². The van der Waals surface area contributed by atoms with Gasteiger partial charge in [-0.2, -0.15) is 0 Å². The zero-order valence-corrected chi connectivity index (χ0v) is 16.7. The lowest BCUT2D eigenvalue weighted by molar-refractivity contribution is 0.166. The van der Waals surface area contributed by atoms with Gasteiger partial charge in [-0.25, -0.2) is 4.79 Å². The van der Waals surface area contributed by atoms with E-state index in [2.05, 4.69) is 12.1 Å². The molecule has 1 aliphatic heterocycles. The van der Waals surface area contributed by atoms with Crippen molar-refractivity contribution in [2.45, 2.75) is 37.1 Å². The van der Waals surface area contributed by atoms with Crippen LogP contribution in [0.25, 0.3) is 0 Å². The lowest BCUT2D eigenvalue weighted by Crippen LogP contribution is -2.51. The third kappa shape index (κ3) is 3.54. The maximum atomic E-state index is 13.1. The third-order valence-corrected chi connectivity index (χ3v) is 6.44. The predicted octanol–water partition coefficient (Wildman–Crippen LogP) is 4.94. The maximum absolute atomic E-state index is 13.1. The molecule has 4 nitrogen and oxygen atoms in total. The molecule has 2 N–H and O–H groups in total. The van der Waals surface area contributed by atoms with Crippen LogP contribution < -0.4 is 10.6 Å². The molecule has 0 atom stereocenters. The highest BCUT2D eigenvalue weighted by Crippen LogP contribution is 2.41. The molecule has 0 bridgehead atoms. The van der Waals surface area contributed by atoms with Crippen molar-refractivity contribution in [3.63, 3.8) is 0 Å². The summed E-state index contributed by atoms with van der Waals surface area (Å²) in [5.41, 5.74) is 8.32. The van der Waals surface area contributed by atoms with E-state index in [1.165, 1.54) is 5.56 Å². The van der Waals surface area contributed by atoms with Crippen LogP contribution in [-0.4, -0.2) is 30.1 Å². The summed E-state index contributed by atoms with van der Waals surface area (Å²) < 4.78 is 0. The molecule has 28 heavy (non-hydrogen) atoms. The fourth-order valence-corrected chi connectivity index (χ4v) is 4.70. The Kier molecular flexibility index (Phi) is 5.42. The first-order chi connectivity index (χ1) is 13.6. The molecule has 1 aliphatic carbocycles. The largest absolute Gasteiger partial charge is 0.330 e. The normalized spacial score (nSPS) is 25.2. The number of amides is 2. The van der Waals surface area contributed by atoms with Crippen LogP contribution in [0.15, 0.2) is 66.9 Å². The van der Waals surface area contributed by atoms with Crippen molar-refractivity contribution in [1.29, 1.82) is 0 Å². The first-order valence-electron chi connectivity index (χ1n) is 9.91. The van der Waals surface area contributed by atoms with E-state index in [4.69, 9.17) is 17.3 Å². The molecular weight excluding hydrogens is 370 g/mol. The minimum absolute atomic E-state index is 0.0525. The van der Waals surface area contributed by atoms with E-state index in [0.717, 1.165) is 36.4 Å². The Morgan fingerprint density at radius 1 is 1.07 bits per heavy atom. The summed E-state index contributed by atoms with van der Waals surface area (Å²) in [6, 6.07) is 18.2. The summed E-state index contributed by atoms with van der Waals surface area (Å²) in [4.78, 5) is 16.9. The lowest BCUT2D eigenvalue weighted by Gasteiger charge is -2.44. The van der Waals surface area contributed by atoms with Gasteiger partial charge < -0.3 is 5.73 Å². The first-order valence-corrected chi connectivity index (χ1v) is 10.3. The van der Waals surface area contributed by atoms with Gasteiger partial charge in [0.05, 0.1) is 0 Å². The Labute approximate surface area is 171 Å². The second-order valence-corrected chi connectivity index (χ2v) is 8.18. The molecule has 2 amide bonds. The second kappa shape index (κ2) is 7.98. The van der Waals surface area contributed by atoms with E-state index in [0.29, 0.717) is 13.1 Å². The Morgan fingerprint density at radius 3 is 2.50 bits per heavy atom. The highest BCUT2D eigenvalue weighted by atomic mass is 35.5. The number of halogens is 1. The number of rotatable bonds is 4. The summed E-state index contributed by atoms with van der Waals surface area (Å²) >= 11 is 6.22. The van der Waals surface area contributed by atoms with Crippen LogP contribution in [-0.2, 0) is 5.41 Å². The van der Waals surface area contributed by atoms with Gasteiger partial charge in [-0.1, -0.05) is 41.9 Å². The van der Waals surface area contributed by atoms with Gasteiger partial charge >= 0.3 is 6.03 Å². The van der Waals surface area contributed by atoms with E-state index in [9.17, 15) is 4.79 Å². The highest BCUT2D eigenvalue weighted by Gasteiger charge is 2.39. The molecule has 0 aromatic heterocycles. The Bertz CT molecular complexity index is 859. The summed E-state index contributed by atoms with van der Waals surface area (Å²) in [5, 5.41) is 0.750. The van der Waals surface area contributed by atoms with E-state index >= 15 is 0 Å². The van der Waals surface area contributed by atoms with Crippen molar-refractivity contribution in [3.05, 3.63) is 77.5 Å². The molecule has 0 radical (unpaired) electrons. The molecule has 0 unspecified atom stereocenters. The molecular formula is C23H26ClN3O. The lowest BCUT2D eigenvalue weighted by atomic mass is 9.68. The molecule has 5 heteroatoms. The highest BCUT2D eigenvalue weighted by molar-refractivity contribution is 6.30.